The Balaban J connectivity index is 1.95. The van der Waals surface area contributed by atoms with Crippen molar-refractivity contribution in [3.05, 3.63) is 24.3 Å². The Hall–Kier alpha value is -2.12. The third-order valence-electron chi connectivity index (χ3n) is 3.11. The van der Waals surface area contributed by atoms with Gasteiger partial charge in [0.1, 0.15) is 12.4 Å². The van der Waals surface area contributed by atoms with Crippen molar-refractivity contribution in [3.63, 3.8) is 0 Å². The highest BCUT2D eigenvalue weighted by atomic mass is 16.7. The quantitative estimate of drug-likeness (QED) is 0.796. The van der Waals surface area contributed by atoms with E-state index in [2.05, 4.69) is 5.32 Å². The highest BCUT2D eigenvalue weighted by Gasteiger charge is 2.23. The first-order valence-corrected chi connectivity index (χ1v) is 6.54. The molecule has 2 rings (SSSR count). The minimum Gasteiger partial charge on any atom is -0.488 e. The molecule has 1 fully saturated rings. The van der Waals surface area contributed by atoms with E-state index < -0.39 is 12.3 Å². The van der Waals surface area contributed by atoms with Crippen molar-refractivity contribution in [1.82, 2.24) is 5.32 Å². The second-order valence-corrected chi connectivity index (χ2v) is 4.46. The van der Waals surface area contributed by atoms with Gasteiger partial charge in [0.25, 0.3) is 0 Å². The number of rotatable bonds is 6. The lowest BCUT2D eigenvalue weighted by molar-refractivity contribution is -0.122. The van der Waals surface area contributed by atoms with Gasteiger partial charge in [-0.2, -0.15) is 0 Å². The molecule has 0 unspecified atom stereocenters. The van der Waals surface area contributed by atoms with Gasteiger partial charge in [0, 0.05) is 32.9 Å². The molecule has 7 nitrogen and oxygen atoms in total. The molecule has 0 aliphatic carbocycles. The average molecular weight is 294 g/mol. The van der Waals surface area contributed by atoms with Crippen molar-refractivity contribution >= 4 is 17.6 Å². The zero-order valence-electron chi connectivity index (χ0n) is 12.0. The summed E-state index contributed by atoms with van der Waals surface area (Å²) in [6.07, 6.45) is -0.128. The Morgan fingerprint density at radius 2 is 1.86 bits per heavy atom. The summed E-state index contributed by atoms with van der Waals surface area (Å²) >= 11 is 0. The number of nitrogens with one attached hydrogen (secondary N) is 1. The fraction of sp³-hybridized carbons (Fsp3) is 0.429. The molecule has 1 aromatic rings. The molecule has 0 radical (unpaired) electrons. The lowest BCUT2D eigenvalue weighted by Crippen LogP contribution is -2.49. The number of benzene rings is 1. The van der Waals surface area contributed by atoms with Crippen LogP contribution in [0.2, 0.25) is 0 Å². The van der Waals surface area contributed by atoms with E-state index in [1.165, 1.54) is 19.1 Å². The number of urea groups is 1. The monoisotopic (exact) mass is 294 g/mol. The van der Waals surface area contributed by atoms with Gasteiger partial charge >= 0.3 is 6.03 Å². The summed E-state index contributed by atoms with van der Waals surface area (Å²) in [6.45, 7) is 0.644. The number of carbonyl (C=O) groups excluding carboxylic acids is 2. The Morgan fingerprint density at radius 1 is 1.19 bits per heavy atom. The van der Waals surface area contributed by atoms with Gasteiger partial charge in [-0.1, -0.05) is 0 Å². The van der Waals surface area contributed by atoms with Gasteiger partial charge in [0.15, 0.2) is 6.29 Å². The molecule has 3 amide bonds. The van der Waals surface area contributed by atoms with E-state index in [-0.39, 0.29) is 12.5 Å². The van der Waals surface area contributed by atoms with Gasteiger partial charge in [-0.15, -0.1) is 0 Å². The lowest BCUT2D eigenvalue weighted by Gasteiger charge is -2.26. The first-order chi connectivity index (χ1) is 10.1. The summed E-state index contributed by atoms with van der Waals surface area (Å²) in [4.78, 5) is 24.3. The normalized spacial score (nSPS) is 15.3. The van der Waals surface area contributed by atoms with Crippen molar-refractivity contribution in [2.45, 2.75) is 12.7 Å². The van der Waals surface area contributed by atoms with E-state index in [0.717, 1.165) is 0 Å². The summed E-state index contributed by atoms with van der Waals surface area (Å²) in [7, 11) is 3.08. The standard InChI is InChI=1S/C14H18N2O5/c1-19-13(20-2)9-21-11-5-3-10(4-6-11)16-8-7-12(17)15-14(16)18/h3-6,13H,7-9H2,1-2H3,(H,15,17,18). The number of methoxy groups -OCH3 is 2. The molecule has 0 saturated carbocycles. The van der Waals surface area contributed by atoms with E-state index in [9.17, 15) is 9.59 Å². The van der Waals surface area contributed by atoms with Gasteiger partial charge in [-0.05, 0) is 24.3 Å². The largest absolute Gasteiger partial charge is 0.488 e. The highest BCUT2D eigenvalue weighted by Crippen LogP contribution is 2.21. The maximum Gasteiger partial charge on any atom is 0.328 e. The van der Waals surface area contributed by atoms with E-state index in [1.807, 2.05) is 0 Å². The van der Waals surface area contributed by atoms with E-state index in [0.29, 0.717) is 24.4 Å². The Morgan fingerprint density at radius 3 is 2.43 bits per heavy atom. The fourth-order valence-corrected chi connectivity index (χ4v) is 1.93. The van der Waals surface area contributed by atoms with Gasteiger partial charge in [0.05, 0.1) is 0 Å². The van der Waals surface area contributed by atoms with Crippen molar-refractivity contribution in [1.29, 1.82) is 0 Å². The van der Waals surface area contributed by atoms with E-state index >= 15 is 0 Å². The molecule has 114 valence electrons. The average Bonchev–Trinajstić information content (AvgIpc) is 2.49. The van der Waals surface area contributed by atoms with Crippen LogP contribution in [0.15, 0.2) is 24.3 Å². The van der Waals surface area contributed by atoms with Crippen LogP contribution in [0.1, 0.15) is 6.42 Å². The molecular formula is C14H18N2O5. The van der Waals surface area contributed by atoms with Crippen LogP contribution in [0.4, 0.5) is 10.5 Å². The first-order valence-electron chi connectivity index (χ1n) is 6.54. The molecule has 0 bridgehead atoms. The lowest BCUT2D eigenvalue weighted by atomic mass is 10.2. The van der Waals surface area contributed by atoms with Gasteiger partial charge in [0.2, 0.25) is 5.91 Å². The minimum absolute atomic E-state index is 0.249. The number of carbonyl (C=O) groups is 2. The molecule has 7 heteroatoms. The van der Waals surface area contributed by atoms with Crippen molar-refractivity contribution in [2.75, 3.05) is 32.3 Å². The summed E-state index contributed by atoms with van der Waals surface area (Å²) < 4.78 is 15.6. The van der Waals surface area contributed by atoms with Crippen LogP contribution >= 0.6 is 0 Å². The maximum absolute atomic E-state index is 11.7. The summed E-state index contributed by atoms with van der Waals surface area (Å²) in [6, 6.07) is 6.63. The third kappa shape index (κ3) is 3.93. The van der Waals surface area contributed by atoms with Gasteiger partial charge in [-0.25, -0.2) is 4.79 Å². The molecule has 1 saturated heterocycles. The fourth-order valence-electron chi connectivity index (χ4n) is 1.93. The zero-order valence-corrected chi connectivity index (χ0v) is 12.0. The van der Waals surface area contributed by atoms with Crippen molar-refractivity contribution in [2.24, 2.45) is 0 Å². The molecule has 0 aromatic heterocycles. The molecule has 1 aliphatic rings. The topological polar surface area (TPSA) is 77.1 Å². The first kappa shape index (κ1) is 15.3. The number of anilines is 1. The zero-order chi connectivity index (χ0) is 15.2. The molecule has 21 heavy (non-hydrogen) atoms. The number of nitrogens with zero attached hydrogens (tertiary/aromatic N) is 1. The Kier molecular flexibility index (Phi) is 5.13. The van der Waals surface area contributed by atoms with Crippen LogP contribution in [-0.2, 0) is 14.3 Å². The van der Waals surface area contributed by atoms with Crippen LogP contribution in [0.25, 0.3) is 0 Å². The number of amides is 3. The van der Waals surface area contributed by atoms with Crippen LogP contribution in [-0.4, -0.2) is 45.6 Å². The number of hydrogen-bond donors (Lipinski definition) is 1. The number of hydrogen-bond acceptors (Lipinski definition) is 5. The van der Waals surface area contributed by atoms with Crippen LogP contribution in [0, 0.1) is 0 Å². The number of imide groups is 1. The maximum atomic E-state index is 11.7. The van der Waals surface area contributed by atoms with Gasteiger partial charge < -0.3 is 14.2 Å². The predicted octanol–water partition coefficient (Wildman–Crippen LogP) is 1.13. The number of ether oxygens (including phenoxy) is 3. The molecule has 1 aromatic carbocycles. The summed E-state index contributed by atoms with van der Waals surface area (Å²) in [5, 5.41) is 2.28. The van der Waals surface area contributed by atoms with Crippen molar-refractivity contribution in [3.8, 4) is 5.75 Å². The summed E-state index contributed by atoms with van der Waals surface area (Å²) in [5.41, 5.74) is 0.711. The van der Waals surface area contributed by atoms with E-state index in [1.54, 1.807) is 24.3 Å². The molecule has 0 atom stereocenters. The highest BCUT2D eigenvalue weighted by molar-refractivity contribution is 6.05. The molecular weight excluding hydrogens is 276 g/mol. The van der Waals surface area contributed by atoms with Crippen molar-refractivity contribution < 1.29 is 23.8 Å². The molecule has 1 aliphatic heterocycles. The smallest absolute Gasteiger partial charge is 0.328 e. The Bertz CT molecular complexity index is 499. The van der Waals surface area contributed by atoms with Gasteiger partial charge in [-0.3, -0.25) is 15.0 Å². The second kappa shape index (κ2) is 7.05. The van der Waals surface area contributed by atoms with Crippen LogP contribution in [0.5, 0.6) is 5.75 Å². The minimum atomic E-state index is -0.427. The SMILES string of the molecule is COC(COc1ccc(N2CCC(=O)NC2=O)cc1)OC. The molecule has 0 spiro atoms. The molecule has 1 N–H and O–H groups in total. The van der Waals surface area contributed by atoms with E-state index in [4.69, 9.17) is 14.2 Å². The van der Waals surface area contributed by atoms with Crippen LogP contribution < -0.4 is 15.0 Å². The Labute approximate surface area is 122 Å². The van der Waals surface area contributed by atoms with Crippen LogP contribution in [0.3, 0.4) is 0 Å². The second-order valence-electron chi connectivity index (χ2n) is 4.46. The third-order valence-corrected chi connectivity index (χ3v) is 3.11. The summed E-state index contributed by atoms with van der Waals surface area (Å²) in [5.74, 6) is 0.396. The predicted molar refractivity (Wildman–Crippen MR) is 75.2 cm³/mol. The molecule has 1 heterocycles.